The van der Waals surface area contributed by atoms with Gasteiger partial charge in [-0.3, -0.25) is 4.90 Å². The van der Waals surface area contributed by atoms with Gasteiger partial charge in [0.15, 0.2) is 0 Å². The molecule has 0 radical (unpaired) electrons. The van der Waals surface area contributed by atoms with E-state index in [1.165, 1.54) is 31.4 Å². The van der Waals surface area contributed by atoms with Gasteiger partial charge in [0.2, 0.25) is 0 Å². The van der Waals surface area contributed by atoms with Crippen LogP contribution in [0.5, 0.6) is 5.75 Å². The third kappa shape index (κ3) is 2.02. The highest BCUT2D eigenvalue weighted by Gasteiger charge is 2.42. The van der Waals surface area contributed by atoms with Gasteiger partial charge in [-0.15, -0.1) is 0 Å². The zero-order valence-corrected chi connectivity index (χ0v) is 11.0. The van der Waals surface area contributed by atoms with Crippen LogP contribution < -0.4 is 10.5 Å². The third-order valence-corrected chi connectivity index (χ3v) is 4.34. The number of ether oxygens (including phenoxy) is 1. The summed E-state index contributed by atoms with van der Waals surface area (Å²) in [5, 5.41) is 0. The molecule has 1 aliphatic heterocycles. The molecule has 2 fully saturated rings. The van der Waals surface area contributed by atoms with E-state index in [9.17, 15) is 0 Å². The largest absolute Gasteiger partial charge is 0.496 e. The molecule has 2 atom stereocenters. The van der Waals surface area contributed by atoms with Crippen LogP contribution in [0.3, 0.4) is 0 Å². The van der Waals surface area contributed by atoms with Crippen molar-refractivity contribution in [3.63, 3.8) is 0 Å². The molecule has 1 aromatic carbocycles. The second kappa shape index (κ2) is 4.90. The van der Waals surface area contributed by atoms with Crippen LogP contribution in [0.15, 0.2) is 24.3 Å². The van der Waals surface area contributed by atoms with Crippen LogP contribution in [-0.4, -0.2) is 31.1 Å². The summed E-state index contributed by atoms with van der Waals surface area (Å²) < 4.78 is 5.53. The summed E-state index contributed by atoms with van der Waals surface area (Å²) in [6.07, 6.45) is 3.92. The van der Waals surface area contributed by atoms with E-state index in [1.807, 2.05) is 6.07 Å². The number of methoxy groups -OCH3 is 1. The lowest BCUT2D eigenvalue weighted by molar-refractivity contribution is 0.215. The molecule has 1 heterocycles. The maximum atomic E-state index is 5.97. The minimum absolute atomic E-state index is 0.457. The Morgan fingerprint density at radius 2 is 2.06 bits per heavy atom. The van der Waals surface area contributed by atoms with Gasteiger partial charge in [-0.2, -0.15) is 0 Å². The molecule has 1 aromatic rings. The maximum Gasteiger partial charge on any atom is 0.123 e. The highest BCUT2D eigenvalue weighted by atomic mass is 16.5. The molecule has 1 saturated carbocycles. The van der Waals surface area contributed by atoms with Crippen LogP contribution in [0, 0.1) is 5.92 Å². The zero-order chi connectivity index (χ0) is 12.5. The van der Waals surface area contributed by atoms with Crippen LogP contribution in [0.1, 0.15) is 30.9 Å². The number of hydrogen-bond donors (Lipinski definition) is 1. The molecule has 2 N–H and O–H groups in total. The summed E-state index contributed by atoms with van der Waals surface area (Å²) >= 11 is 0. The van der Waals surface area contributed by atoms with E-state index < -0.39 is 0 Å². The quantitative estimate of drug-likeness (QED) is 0.885. The number of benzene rings is 1. The second-order valence-corrected chi connectivity index (χ2v) is 5.44. The summed E-state index contributed by atoms with van der Waals surface area (Å²) in [6, 6.07) is 9.65. The van der Waals surface area contributed by atoms with Crippen molar-refractivity contribution in [3.8, 4) is 5.75 Å². The summed E-state index contributed by atoms with van der Waals surface area (Å²) in [6.45, 7) is 1.96. The summed E-state index contributed by atoms with van der Waals surface area (Å²) in [7, 11) is 1.76. The van der Waals surface area contributed by atoms with Gasteiger partial charge in [-0.1, -0.05) is 18.2 Å². The number of nitrogens with two attached hydrogens (primary N) is 1. The van der Waals surface area contributed by atoms with Gasteiger partial charge >= 0.3 is 0 Å². The Hall–Kier alpha value is -1.06. The predicted octanol–water partition coefficient (Wildman–Crippen LogP) is 2.18. The molecule has 3 heteroatoms. The molecule has 3 nitrogen and oxygen atoms in total. The van der Waals surface area contributed by atoms with E-state index >= 15 is 0 Å². The number of likely N-dealkylation sites (tertiary alicyclic amines) is 1. The maximum absolute atomic E-state index is 5.97. The normalized spacial score (nSPS) is 28.6. The summed E-state index contributed by atoms with van der Waals surface area (Å²) in [4.78, 5) is 2.65. The SMILES string of the molecule is COc1ccccc1C1C(CN)CCN1C1CC1. The van der Waals surface area contributed by atoms with Gasteiger partial charge in [-0.05, 0) is 44.3 Å². The Balaban J connectivity index is 1.94. The van der Waals surface area contributed by atoms with Crippen molar-refractivity contribution in [2.45, 2.75) is 31.3 Å². The Morgan fingerprint density at radius 3 is 2.72 bits per heavy atom. The van der Waals surface area contributed by atoms with Gasteiger partial charge in [0.05, 0.1) is 7.11 Å². The van der Waals surface area contributed by atoms with Gasteiger partial charge in [0.1, 0.15) is 5.75 Å². The van der Waals surface area contributed by atoms with E-state index in [2.05, 4.69) is 23.1 Å². The number of nitrogens with zero attached hydrogens (tertiary/aromatic N) is 1. The average Bonchev–Trinajstić information content (AvgIpc) is 3.18. The molecular formula is C15H22N2O. The fraction of sp³-hybridized carbons (Fsp3) is 0.600. The Labute approximate surface area is 109 Å². The highest BCUT2D eigenvalue weighted by molar-refractivity contribution is 5.37. The smallest absolute Gasteiger partial charge is 0.123 e. The lowest BCUT2D eigenvalue weighted by Crippen LogP contribution is -2.30. The van der Waals surface area contributed by atoms with E-state index in [0.29, 0.717) is 12.0 Å². The predicted molar refractivity (Wildman–Crippen MR) is 72.6 cm³/mol. The zero-order valence-electron chi connectivity index (χ0n) is 11.0. The second-order valence-electron chi connectivity index (χ2n) is 5.44. The lowest BCUT2D eigenvalue weighted by atomic mass is 9.93. The fourth-order valence-corrected chi connectivity index (χ4v) is 3.29. The van der Waals surface area contributed by atoms with Crippen LogP contribution in [0.2, 0.25) is 0 Å². The molecular weight excluding hydrogens is 224 g/mol. The highest BCUT2D eigenvalue weighted by Crippen LogP contribution is 2.45. The Kier molecular flexibility index (Phi) is 3.27. The topological polar surface area (TPSA) is 38.5 Å². The minimum Gasteiger partial charge on any atom is -0.496 e. The molecule has 98 valence electrons. The molecule has 2 aliphatic rings. The van der Waals surface area contributed by atoms with Crippen LogP contribution in [0.4, 0.5) is 0 Å². The summed E-state index contributed by atoms with van der Waals surface area (Å²) in [5.74, 6) is 1.58. The first kappa shape index (κ1) is 12.0. The molecule has 0 spiro atoms. The lowest BCUT2D eigenvalue weighted by Gasteiger charge is -2.29. The molecule has 0 bridgehead atoms. The van der Waals surface area contributed by atoms with Crippen molar-refractivity contribution in [2.24, 2.45) is 11.7 Å². The van der Waals surface area contributed by atoms with Crippen molar-refractivity contribution in [2.75, 3.05) is 20.2 Å². The molecule has 2 unspecified atom stereocenters. The van der Waals surface area contributed by atoms with Gasteiger partial charge in [0, 0.05) is 17.6 Å². The Morgan fingerprint density at radius 1 is 1.28 bits per heavy atom. The molecule has 0 aromatic heterocycles. The van der Waals surface area contributed by atoms with E-state index in [0.717, 1.165) is 18.3 Å². The monoisotopic (exact) mass is 246 g/mol. The number of hydrogen-bond acceptors (Lipinski definition) is 3. The number of rotatable bonds is 4. The van der Waals surface area contributed by atoms with Crippen LogP contribution in [-0.2, 0) is 0 Å². The van der Waals surface area contributed by atoms with Gasteiger partial charge < -0.3 is 10.5 Å². The van der Waals surface area contributed by atoms with Gasteiger partial charge in [0.25, 0.3) is 0 Å². The van der Waals surface area contributed by atoms with E-state index in [-0.39, 0.29) is 0 Å². The number of para-hydroxylation sites is 1. The molecule has 0 amide bonds. The molecule has 1 saturated heterocycles. The Bertz CT molecular complexity index is 417. The van der Waals surface area contributed by atoms with Crippen molar-refractivity contribution >= 4 is 0 Å². The molecule has 18 heavy (non-hydrogen) atoms. The van der Waals surface area contributed by atoms with E-state index in [4.69, 9.17) is 10.5 Å². The van der Waals surface area contributed by atoms with Crippen molar-refractivity contribution < 1.29 is 4.74 Å². The van der Waals surface area contributed by atoms with Crippen LogP contribution in [0.25, 0.3) is 0 Å². The third-order valence-electron chi connectivity index (χ3n) is 4.34. The van der Waals surface area contributed by atoms with Crippen molar-refractivity contribution in [1.82, 2.24) is 4.90 Å². The first-order valence-electron chi connectivity index (χ1n) is 6.94. The molecule has 3 rings (SSSR count). The fourth-order valence-electron chi connectivity index (χ4n) is 3.29. The average molecular weight is 246 g/mol. The van der Waals surface area contributed by atoms with Crippen molar-refractivity contribution in [1.29, 1.82) is 0 Å². The van der Waals surface area contributed by atoms with Crippen LogP contribution >= 0.6 is 0 Å². The van der Waals surface area contributed by atoms with Crippen molar-refractivity contribution in [3.05, 3.63) is 29.8 Å². The summed E-state index contributed by atoms with van der Waals surface area (Å²) in [5.41, 5.74) is 7.29. The van der Waals surface area contributed by atoms with Gasteiger partial charge in [-0.25, -0.2) is 0 Å². The standard InChI is InChI=1S/C15H22N2O/c1-18-14-5-3-2-4-13(14)15-11(10-16)8-9-17(15)12-6-7-12/h2-5,11-12,15H,6-10,16H2,1H3. The first-order chi connectivity index (χ1) is 8.85. The molecule has 1 aliphatic carbocycles. The van der Waals surface area contributed by atoms with E-state index in [1.54, 1.807) is 7.11 Å². The minimum atomic E-state index is 0.457. The first-order valence-corrected chi connectivity index (χ1v) is 6.94.